The molecule has 1 saturated heterocycles. The summed E-state index contributed by atoms with van der Waals surface area (Å²) in [6.45, 7) is 4.32. The predicted octanol–water partition coefficient (Wildman–Crippen LogP) is 4.99. The second-order valence-electron chi connectivity index (χ2n) is 7.06. The topological polar surface area (TPSA) is 24.1 Å². The normalized spacial score (nSPS) is 27.7. The third-order valence-corrected chi connectivity index (χ3v) is 5.61. The molecule has 0 saturated carbocycles. The maximum atomic E-state index is 6.74. The number of allylic oxidation sites excluding steroid dienone is 11. The summed E-state index contributed by atoms with van der Waals surface area (Å²) in [4.78, 5) is 0. The second-order valence-corrected chi connectivity index (χ2v) is 7.49. The van der Waals surface area contributed by atoms with E-state index in [1.54, 1.807) is 0 Å². The summed E-state index contributed by atoms with van der Waals surface area (Å²) < 4.78 is 0. The van der Waals surface area contributed by atoms with Crippen LogP contribution in [0.15, 0.2) is 70.0 Å². The van der Waals surface area contributed by atoms with Crippen LogP contribution in [-0.4, -0.2) is 20.1 Å². The van der Waals surface area contributed by atoms with Gasteiger partial charge < -0.3 is 10.6 Å². The fraction of sp³-hybridized carbons (Fsp3) is 0.455. The summed E-state index contributed by atoms with van der Waals surface area (Å²) >= 11 is 6.74. The summed E-state index contributed by atoms with van der Waals surface area (Å²) in [7, 11) is 2.04. The van der Waals surface area contributed by atoms with Gasteiger partial charge in [-0.25, -0.2) is 0 Å². The Kier molecular flexibility index (Phi) is 6.39. The molecule has 0 radical (unpaired) electrons. The van der Waals surface area contributed by atoms with Gasteiger partial charge in [0, 0.05) is 23.7 Å². The van der Waals surface area contributed by atoms with E-state index in [0.717, 1.165) is 24.5 Å². The first kappa shape index (κ1) is 18.3. The van der Waals surface area contributed by atoms with Crippen LogP contribution < -0.4 is 10.6 Å². The SMILES string of the molecule is CNC1=CCC=CC(C2C=CC=C(C)C=C2Cl)=C1C1CCCNCC1. The third kappa shape index (κ3) is 4.37. The van der Waals surface area contributed by atoms with Crippen molar-refractivity contribution < 1.29 is 0 Å². The van der Waals surface area contributed by atoms with Gasteiger partial charge in [0.25, 0.3) is 0 Å². The van der Waals surface area contributed by atoms with Gasteiger partial charge in [-0.05, 0) is 74.4 Å². The number of halogens is 1. The molecule has 2 unspecified atom stereocenters. The monoisotopic (exact) mass is 356 g/mol. The summed E-state index contributed by atoms with van der Waals surface area (Å²) in [5, 5.41) is 7.91. The van der Waals surface area contributed by atoms with Crippen LogP contribution in [0.4, 0.5) is 0 Å². The predicted molar refractivity (Wildman–Crippen MR) is 108 cm³/mol. The first-order chi connectivity index (χ1) is 12.2. The molecule has 2 aliphatic carbocycles. The quantitative estimate of drug-likeness (QED) is 0.744. The number of hydrogen-bond donors (Lipinski definition) is 2. The van der Waals surface area contributed by atoms with E-state index >= 15 is 0 Å². The Morgan fingerprint density at radius 1 is 1.24 bits per heavy atom. The highest BCUT2D eigenvalue weighted by Gasteiger charge is 2.27. The molecule has 2 N–H and O–H groups in total. The van der Waals surface area contributed by atoms with E-state index in [1.807, 2.05) is 7.05 Å². The van der Waals surface area contributed by atoms with Crippen molar-refractivity contribution in [2.45, 2.75) is 32.6 Å². The van der Waals surface area contributed by atoms with Crippen molar-refractivity contribution in [3.05, 3.63) is 70.0 Å². The van der Waals surface area contributed by atoms with Crippen molar-refractivity contribution in [3.63, 3.8) is 0 Å². The average molecular weight is 357 g/mol. The highest BCUT2D eigenvalue weighted by molar-refractivity contribution is 6.30. The molecule has 3 rings (SSSR count). The van der Waals surface area contributed by atoms with Crippen molar-refractivity contribution in [2.24, 2.45) is 11.8 Å². The van der Waals surface area contributed by atoms with Gasteiger partial charge in [-0.15, -0.1) is 0 Å². The lowest BCUT2D eigenvalue weighted by atomic mass is 9.81. The van der Waals surface area contributed by atoms with Crippen LogP contribution in [0.5, 0.6) is 0 Å². The lowest BCUT2D eigenvalue weighted by molar-refractivity contribution is 0.537. The Bertz CT molecular complexity index is 668. The molecule has 0 spiro atoms. The van der Waals surface area contributed by atoms with Crippen LogP contribution in [-0.2, 0) is 0 Å². The molecule has 0 bridgehead atoms. The number of nitrogens with one attached hydrogen (secondary N) is 2. The Morgan fingerprint density at radius 2 is 2.12 bits per heavy atom. The van der Waals surface area contributed by atoms with E-state index < -0.39 is 0 Å². The maximum Gasteiger partial charge on any atom is 0.0384 e. The fourth-order valence-electron chi connectivity index (χ4n) is 4.03. The first-order valence-corrected chi connectivity index (χ1v) is 9.80. The molecule has 3 heteroatoms. The highest BCUT2D eigenvalue weighted by atomic mass is 35.5. The van der Waals surface area contributed by atoms with Crippen molar-refractivity contribution in [2.75, 3.05) is 20.1 Å². The molecule has 0 aromatic heterocycles. The van der Waals surface area contributed by atoms with Crippen LogP contribution in [0.25, 0.3) is 0 Å². The Balaban J connectivity index is 2.09. The highest BCUT2D eigenvalue weighted by Crippen LogP contribution is 2.39. The summed E-state index contributed by atoms with van der Waals surface area (Å²) in [6.07, 6.45) is 20.1. The van der Waals surface area contributed by atoms with Crippen LogP contribution in [0.1, 0.15) is 32.6 Å². The van der Waals surface area contributed by atoms with E-state index in [9.17, 15) is 0 Å². The van der Waals surface area contributed by atoms with E-state index in [1.165, 1.54) is 41.7 Å². The molecule has 2 nitrogen and oxygen atoms in total. The lowest BCUT2D eigenvalue weighted by Gasteiger charge is -2.26. The van der Waals surface area contributed by atoms with Gasteiger partial charge in [-0.1, -0.05) is 48.1 Å². The van der Waals surface area contributed by atoms with Crippen LogP contribution in [0.2, 0.25) is 0 Å². The molecule has 1 aliphatic heterocycles. The van der Waals surface area contributed by atoms with Crippen molar-refractivity contribution in [1.82, 2.24) is 10.6 Å². The molecule has 0 aromatic carbocycles. The zero-order valence-corrected chi connectivity index (χ0v) is 16.1. The second kappa shape index (κ2) is 8.73. The molecule has 0 aromatic rings. The Morgan fingerprint density at radius 3 is 2.96 bits per heavy atom. The summed E-state index contributed by atoms with van der Waals surface area (Å²) in [5.41, 5.74) is 5.29. The van der Waals surface area contributed by atoms with Crippen molar-refractivity contribution in [1.29, 1.82) is 0 Å². The molecular weight excluding hydrogens is 328 g/mol. The van der Waals surface area contributed by atoms with Gasteiger partial charge in [-0.2, -0.15) is 0 Å². The van der Waals surface area contributed by atoms with Crippen LogP contribution in [0.3, 0.4) is 0 Å². The maximum absolute atomic E-state index is 6.74. The average Bonchev–Trinajstić information content (AvgIpc) is 3.04. The number of likely N-dealkylation sites (N-methyl/N-ethyl adjacent to an activating group) is 1. The molecule has 3 aliphatic rings. The van der Waals surface area contributed by atoms with Gasteiger partial charge in [0.15, 0.2) is 0 Å². The minimum absolute atomic E-state index is 0.132. The molecule has 2 atom stereocenters. The van der Waals surface area contributed by atoms with Crippen molar-refractivity contribution >= 4 is 11.6 Å². The van der Waals surface area contributed by atoms with E-state index in [-0.39, 0.29) is 5.92 Å². The van der Waals surface area contributed by atoms with Gasteiger partial charge in [-0.3, -0.25) is 0 Å². The minimum Gasteiger partial charge on any atom is -0.388 e. The van der Waals surface area contributed by atoms with Crippen LogP contribution >= 0.6 is 11.6 Å². The largest absolute Gasteiger partial charge is 0.388 e. The number of rotatable bonds is 3. The summed E-state index contributed by atoms with van der Waals surface area (Å²) in [6, 6.07) is 0. The fourth-order valence-corrected chi connectivity index (χ4v) is 4.39. The van der Waals surface area contributed by atoms with Crippen molar-refractivity contribution in [3.8, 4) is 0 Å². The Hall–Kier alpha value is -1.51. The lowest BCUT2D eigenvalue weighted by Crippen LogP contribution is -2.20. The summed E-state index contributed by atoms with van der Waals surface area (Å²) in [5.74, 6) is 0.703. The smallest absolute Gasteiger partial charge is 0.0384 e. The molecule has 1 fully saturated rings. The molecular formula is C22H29ClN2. The van der Waals surface area contributed by atoms with Gasteiger partial charge in [0.05, 0.1) is 0 Å². The molecule has 1 heterocycles. The zero-order valence-electron chi connectivity index (χ0n) is 15.3. The minimum atomic E-state index is 0.132. The molecule has 134 valence electrons. The standard InChI is InChI=1S/C22H29ClN2/c1-16-7-5-10-18(20(23)15-16)19-9-3-4-11-21(24-2)22(19)17-8-6-13-25-14-12-17/h3,5,7,9-11,15,17-18,24-25H,4,6,8,12-14H2,1-2H3. The molecule has 0 amide bonds. The zero-order chi connectivity index (χ0) is 17.6. The van der Waals surface area contributed by atoms with Crippen LogP contribution in [0, 0.1) is 11.8 Å². The van der Waals surface area contributed by atoms with Gasteiger partial charge >= 0.3 is 0 Å². The Labute approximate surface area is 157 Å². The van der Waals surface area contributed by atoms with Gasteiger partial charge in [0.1, 0.15) is 0 Å². The van der Waals surface area contributed by atoms with E-state index in [0.29, 0.717) is 5.92 Å². The van der Waals surface area contributed by atoms with E-state index in [4.69, 9.17) is 11.6 Å². The number of hydrogen-bond acceptors (Lipinski definition) is 2. The third-order valence-electron chi connectivity index (χ3n) is 5.27. The molecule has 25 heavy (non-hydrogen) atoms. The van der Waals surface area contributed by atoms with Gasteiger partial charge in [0.2, 0.25) is 0 Å². The first-order valence-electron chi connectivity index (χ1n) is 9.42. The van der Waals surface area contributed by atoms with E-state index in [2.05, 4.69) is 60.1 Å².